The van der Waals surface area contributed by atoms with Gasteiger partial charge in [0.25, 0.3) is 0 Å². The lowest BCUT2D eigenvalue weighted by atomic mass is 9.68. The van der Waals surface area contributed by atoms with Crippen molar-refractivity contribution in [2.24, 2.45) is 5.92 Å². The highest BCUT2D eigenvalue weighted by atomic mass is 16.5. The fourth-order valence-electron chi connectivity index (χ4n) is 8.60. The molecule has 1 saturated carbocycles. The fraction of sp³-hybridized carbons (Fsp3) is 0.525. The van der Waals surface area contributed by atoms with Gasteiger partial charge in [-0.1, -0.05) is 29.8 Å². The zero-order valence-electron chi connectivity index (χ0n) is 31.3. The maximum Gasteiger partial charge on any atom is 0.237 e. The van der Waals surface area contributed by atoms with Crippen LogP contribution in [0.3, 0.4) is 0 Å². The van der Waals surface area contributed by atoms with Gasteiger partial charge in [-0.15, -0.1) is 0 Å². The molecule has 0 unspecified atom stereocenters. The monoisotopic (exact) mass is 708 g/mol. The van der Waals surface area contributed by atoms with E-state index in [9.17, 15) is 9.59 Å². The number of anilines is 1. The molecule has 2 aliphatic heterocycles. The van der Waals surface area contributed by atoms with Gasteiger partial charge in [-0.2, -0.15) is 5.10 Å². The van der Waals surface area contributed by atoms with Crippen LogP contribution in [-0.4, -0.2) is 113 Å². The number of fused-ring (bicyclic) bond motifs is 3. The number of ether oxygens (including phenoxy) is 2. The molecule has 2 aromatic carbocycles. The highest BCUT2D eigenvalue weighted by Crippen LogP contribution is 2.50. The molecule has 2 amide bonds. The van der Waals surface area contributed by atoms with Crippen LogP contribution in [0.2, 0.25) is 0 Å². The molecule has 1 spiro atoms. The minimum absolute atomic E-state index is 0.0759. The molecule has 0 N–H and O–H groups in total. The van der Waals surface area contributed by atoms with Crippen molar-refractivity contribution in [2.45, 2.75) is 65.0 Å². The predicted molar refractivity (Wildman–Crippen MR) is 201 cm³/mol. The fourth-order valence-corrected chi connectivity index (χ4v) is 8.60. The Hall–Kier alpha value is -4.71. The zero-order chi connectivity index (χ0) is 36.4. The summed E-state index contributed by atoms with van der Waals surface area (Å²) in [4.78, 5) is 45.5. The van der Waals surface area contributed by atoms with E-state index in [0.29, 0.717) is 59.0 Å². The van der Waals surface area contributed by atoms with Gasteiger partial charge in [-0.3, -0.25) is 9.59 Å². The van der Waals surface area contributed by atoms with Crippen LogP contribution in [-0.2, 0) is 28.1 Å². The van der Waals surface area contributed by atoms with Crippen LogP contribution in [0.4, 0.5) is 5.82 Å². The van der Waals surface area contributed by atoms with E-state index in [-0.39, 0.29) is 17.7 Å². The van der Waals surface area contributed by atoms with Crippen LogP contribution in [0.5, 0.6) is 11.5 Å². The van der Waals surface area contributed by atoms with Crippen molar-refractivity contribution in [3.05, 3.63) is 71.2 Å². The maximum absolute atomic E-state index is 14.1. The number of carbonyl (C=O) groups excluding carboxylic acids is 2. The number of benzene rings is 2. The number of hydrogen-bond acceptors (Lipinski definition) is 9. The van der Waals surface area contributed by atoms with Crippen molar-refractivity contribution in [2.75, 3.05) is 71.5 Å². The van der Waals surface area contributed by atoms with Crippen LogP contribution >= 0.6 is 0 Å². The lowest BCUT2D eigenvalue weighted by molar-refractivity contribution is -0.144. The van der Waals surface area contributed by atoms with E-state index >= 15 is 0 Å². The predicted octanol–water partition coefficient (Wildman–Crippen LogP) is 4.66. The smallest absolute Gasteiger partial charge is 0.237 e. The second-order valence-corrected chi connectivity index (χ2v) is 14.7. The van der Waals surface area contributed by atoms with Gasteiger partial charge in [-0.05, 0) is 95.8 Å². The van der Waals surface area contributed by atoms with Crippen molar-refractivity contribution >= 4 is 28.7 Å². The van der Waals surface area contributed by atoms with Gasteiger partial charge >= 0.3 is 0 Å². The molecule has 0 radical (unpaired) electrons. The molecule has 12 nitrogen and oxygen atoms in total. The first-order chi connectivity index (χ1) is 25.2. The van der Waals surface area contributed by atoms with Crippen molar-refractivity contribution in [1.29, 1.82) is 0 Å². The SMILES string of the molecule is CCOc1cc2c(cc1OCC)C1(CCC(C(=O)N3CCN(c4ncnc5c4cnn5Cc4cccc(C)c4)CC3)CC1)N(C(=O)CN(C)C)CC2. The molecule has 4 aromatic rings. The first-order valence-corrected chi connectivity index (χ1v) is 18.8. The van der Waals surface area contributed by atoms with E-state index in [4.69, 9.17) is 9.47 Å². The largest absolute Gasteiger partial charge is 0.490 e. The number of carbonyl (C=O) groups is 2. The number of aromatic nitrogens is 4. The molecular weight excluding hydrogens is 656 g/mol. The highest BCUT2D eigenvalue weighted by molar-refractivity contribution is 5.87. The van der Waals surface area contributed by atoms with E-state index in [0.717, 1.165) is 66.0 Å². The maximum atomic E-state index is 14.1. The minimum atomic E-state index is -0.477. The van der Waals surface area contributed by atoms with Crippen LogP contribution in [0.1, 0.15) is 61.8 Å². The first kappa shape index (κ1) is 35.7. The molecule has 2 fully saturated rings. The average molecular weight is 709 g/mol. The molecule has 12 heteroatoms. The Kier molecular flexibility index (Phi) is 10.4. The van der Waals surface area contributed by atoms with Gasteiger partial charge in [0.15, 0.2) is 17.1 Å². The summed E-state index contributed by atoms with van der Waals surface area (Å²) in [5.74, 6) is 2.62. The molecule has 3 aliphatic rings. The molecule has 276 valence electrons. The number of piperazine rings is 1. The summed E-state index contributed by atoms with van der Waals surface area (Å²) in [7, 11) is 3.87. The topological polar surface area (TPSA) is 109 Å². The third kappa shape index (κ3) is 6.92. The third-order valence-electron chi connectivity index (χ3n) is 11.0. The summed E-state index contributed by atoms with van der Waals surface area (Å²) in [6, 6.07) is 12.7. The zero-order valence-corrected chi connectivity index (χ0v) is 31.3. The summed E-state index contributed by atoms with van der Waals surface area (Å²) >= 11 is 0. The summed E-state index contributed by atoms with van der Waals surface area (Å²) in [5, 5.41) is 5.60. The third-order valence-corrected chi connectivity index (χ3v) is 11.0. The Morgan fingerprint density at radius 1 is 0.942 bits per heavy atom. The van der Waals surface area contributed by atoms with Gasteiger partial charge in [0.05, 0.1) is 43.4 Å². The average Bonchev–Trinajstić information content (AvgIpc) is 3.55. The van der Waals surface area contributed by atoms with Crippen LogP contribution in [0.25, 0.3) is 11.0 Å². The number of hydrogen-bond donors (Lipinski definition) is 0. The second kappa shape index (κ2) is 15.1. The van der Waals surface area contributed by atoms with Crippen LogP contribution in [0.15, 0.2) is 48.9 Å². The lowest BCUT2D eigenvalue weighted by Gasteiger charge is -2.52. The second-order valence-electron chi connectivity index (χ2n) is 14.7. The van der Waals surface area contributed by atoms with E-state index in [1.165, 1.54) is 16.7 Å². The van der Waals surface area contributed by atoms with E-state index in [2.05, 4.69) is 68.2 Å². The summed E-state index contributed by atoms with van der Waals surface area (Å²) in [5.41, 5.74) is 5.09. The molecular formula is C40H52N8O4. The number of rotatable bonds is 10. The van der Waals surface area contributed by atoms with Gasteiger partial charge in [0.1, 0.15) is 12.1 Å². The number of amides is 2. The molecule has 7 rings (SSSR count). The van der Waals surface area contributed by atoms with Crippen LogP contribution in [0, 0.1) is 12.8 Å². The van der Waals surface area contributed by atoms with Gasteiger partial charge in [-0.25, -0.2) is 14.6 Å². The van der Waals surface area contributed by atoms with Crippen molar-refractivity contribution in [3.8, 4) is 11.5 Å². The summed E-state index contributed by atoms with van der Waals surface area (Å²) < 4.78 is 14.0. The summed E-state index contributed by atoms with van der Waals surface area (Å²) in [6.45, 7) is 11.4. The standard InChI is InChI=1S/C40H52N8O4/c1-6-51-34-22-31-13-16-47(36(49)26-44(4)5)40(33(31)23-35(34)52-7-2)14-11-30(12-15-40)39(50)46-19-17-45(18-20-46)37-32-24-43-48(38(32)42-27-41-37)25-29-10-8-9-28(3)21-29/h8-10,21-24,27,30H,6-7,11-20,25-26H2,1-5H3. The Balaban J connectivity index is 1.05. The van der Waals surface area contributed by atoms with E-state index in [1.54, 1.807) is 6.33 Å². The molecule has 4 heterocycles. The number of likely N-dealkylation sites (N-methyl/N-ethyl adjacent to an activating group) is 1. The minimum Gasteiger partial charge on any atom is -0.490 e. The van der Waals surface area contributed by atoms with Crippen molar-refractivity contribution < 1.29 is 19.1 Å². The highest BCUT2D eigenvalue weighted by Gasteiger charge is 2.49. The number of aryl methyl sites for hydroxylation is 1. The Morgan fingerprint density at radius 2 is 1.67 bits per heavy atom. The van der Waals surface area contributed by atoms with Gasteiger partial charge in [0.2, 0.25) is 11.8 Å². The molecule has 2 aromatic heterocycles. The van der Waals surface area contributed by atoms with Crippen molar-refractivity contribution in [3.63, 3.8) is 0 Å². The first-order valence-electron chi connectivity index (χ1n) is 18.8. The van der Waals surface area contributed by atoms with Gasteiger partial charge < -0.3 is 29.1 Å². The Bertz CT molecular complexity index is 1910. The van der Waals surface area contributed by atoms with Crippen molar-refractivity contribution in [1.82, 2.24) is 34.4 Å². The molecule has 1 saturated heterocycles. The van der Waals surface area contributed by atoms with Crippen LogP contribution < -0.4 is 14.4 Å². The molecule has 0 atom stereocenters. The number of nitrogens with zero attached hydrogens (tertiary/aromatic N) is 8. The quantitative estimate of drug-likeness (QED) is 0.233. The Labute approximate surface area is 306 Å². The molecule has 1 aliphatic carbocycles. The van der Waals surface area contributed by atoms with E-state index < -0.39 is 5.54 Å². The molecule has 0 bridgehead atoms. The lowest BCUT2D eigenvalue weighted by Crippen LogP contribution is -2.57. The summed E-state index contributed by atoms with van der Waals surface area (Å²) in [6.07, 6.45) is 7.18. The Morgan fingerprint density at radius 3 is 2.37 bits per heavy atom. The van der Waals surface area contributed by atoms with Gasteiger partial charge in [0, 0.05) is 38.6 Å². The normalized spacial score (nSPS) is 20.4. The van der Waals surface area contributed by atoms with E-state index in [1.807, 2.05) is 48.6 Å². The molecule has 52 heavy (non-hydrogen) atoms.